The van der Waals surface area contributed by atoms with E-state index in [1.54, 1.807) is 11.2 Å². The molecule has 0 radical (unpaired) electrons. The average molecular weight is 427 g/mol. The minimum absolute atomic E-state index is 0.153. The van der Waals surface area contributed by atoms with E-state index >= 15 is 0 Å². The molecule has 0 spiro atoms. The molecule has 1 atom stereocenters. The highest BCUT2D eigenvalue weighted by atomic mass is 16.2. The molecule has 1 amide bonds. The van der Waals surface area contributed by atoms with Gasteiger partial charge in [-0.1, -0.05) is 30.3 Å². The smallest absolute Gasteiger partial charge is 0.253 e. The minimum Gasteiger partial charge on any atom is -0.365 e. The van der Waals surface area contributed by atoms with Gasteiger partial charge in [0.2, 0.25) is 0 Å². The number of anilines is 1. The van der Waals surface area contributed by atoms with Crippen LogP contribution in [0.25, 0.3) is 5.69 Å². The molecule has 2 aromatic carbocycles. The molecule has 0 aliphatic carbocycles. The Morgan fingerprint density at radius 1 is 1.00 bits per heavy atom. The number of para-hydroxylation sites is 1. The Morgan fingerprint density at radius 2 is 1.81 bits per heavy atom. The third-order valence-corrected chi connectivity index (χ3v) is 6.73. The molecule has 32 heavy (non-hydrogen) atoms. The Kier molecular flexibility index (Phi) is 4.76. The van der Waals surface area contributed by atoms with Crippen LogP contribution in [0.15, 0.2) is 72.1 Å². The Hall–Kier alpha value is -3.45. The van der Waals surface area contributed by atoms with Crippen LogP contribution < -0.4 is 10.2 Å². The average Bonchev–Trinajstić information content (AvgIpc) is 3.49. The van der Waals surface area contributed by atoms with Gasteiger partial charge in [0.05, 0.1) is 17.4 Å². The van der Waals surface area contributed by atoms with Gasteiger partial charge in [0.25, 0.3) is 5.91 Å². The number of benzene rings is 2. The molecule has 7 heteroatoms. The summed E-state index contributed by atoms with van der Waals surface area (Å²) in [7, 11) is 0. The fraction of sp³-hybridized carbons (Fsp3) is 0.320. The van der Waals surface area contributed by atoms with Crippen LogP contribution in [0.5, 0.6) is 0 Å². The Morgan fingerprint density at radius 3 is 2.59 bits per heavy atom. The molecule has 162 valence electrons. The maximum atomic E-state index is 13.4. The SMILES string of the molecule is O=C1C2CN(Cc3ccc(-n4cccn4)cc3)c3ccccc3C2=NN1C1CCNCC1. The van der Waals surface area contributed by atoms with Crippen molar-refractivity contribution >= 4 is 17.3 Å². The van der Waals surface area contributed by atoms with Gasteiger partial charge in [0, 0.05) is 36.7 Å². The van der Waals surface area contributed by atoms with E-state index in [9.17, 15) is 4.79 Å². The van der Waals surface area contributed by atoms with Gasteiger partial charge in [0.15, 0.2) is 0 Å². The molecule has 0 bridgehead atoms. The van der Waals surface area contributed by atoms with Crippen LogP contribution in [-0.2, 0) is 11.3 Å². The van der Waals surface area contributed by atoms with E-state index in [-0.39, 0.29) is 17.9 Å². The first kappa shape index (κ1) is 19.3. The zero-order chi connectivity index (χ0) is 21.5. The van der Waals surface area contributed by atoms with Gasteiger partial charge in [-0.25, -0.2) is 9.69 Å². The predicted octanol–water partition coefficient (Wildman–Crippen LogP) is 2.81. The maximum Gasteiger partial charge on any atom is 0.253 e. The summed E-state index contributed by atoms with van der Waals surface area (Å²) in [6.07, 6.45) is 5.65. The summed E-state index contributed by atoms with van der Waals surface area (Å²) >= 11 is 0. The van der Waals surface area contributed by atoms with Crippen LogP contribution >= 0.6 is 0 Å². The predicted molar refractivity (Wildman–Crippen MR) is 124 cm³/mol. The van der Waals surface area contributed by atoms with Crippen molar-refractivity contribution in [2.75, 3.05) is 24.5 Å². The molecule has 0 saturated carbocycles. The molecule has 1 unspecified atom stereocenters. The van der Waals surface area contributed by atoms with Crippen molar-refractivity contribution in [3.63, 3.8) is 0 Å². The van der Waals surface area contributed by atoms with Crippen molar-refractivity contribution in [3.8, 4) is 5.69 Å². The Labute approximate surface area is 187 Å². The zero-order valence-electron chi connectivity index (χ0n) is 17.9. The van der Waals surface area contributed by atoms with Crippen LogP contribution in [0.4, 0.5) is 5.69 Å². The number of hydrogen-bond donors (Lipinski definition) is 1. The molecule has 1 fully saturated rings. The lowest BCUT2D eigenvalue weighted by atomic mass is 9.89. The first-order valence-corrected chi connectivity index (χ1v) is 11.3. The monoisotopic (exact) mass is 426 g/mol. The summed E-state index contributed by atoms with van der Waals surface area (Å²) < 4.78 is 1.86. The Bertz CT molecular complexity index is 1150. The van der Waals surface area contributed by atoms with Gasteiger partial charge in [-0.05, 0) is 55.8 Å². The summed E-state index contributed by atoms with van der Waals surface area (Å²) in [6, 6.07) is 18.9. The standard InChI is InChI=1S/C25H26N6O/c32-25-22-17-29(16-18-6-8-19(9-7-18)30-15-3-12-27-30)23-5-2-1-4-21(23)24(22)28-31(25)20-10-13-26-14-11-20/h1-9,12,15,20,22,26H,10-11,13-14,16-17H2. The number of aromatic nitrogens is 2. The van der Waals surface area contributed by atoms with Crippen molar-refractivity contribution in [1.82, 2.24) is 20.1 Å². The molecule has 3 aromatic rings. The summed E-state index contributed by atoms with van der Waals surface area (Å²) in [5.74, 6) is -0.0384. The molecular weight excluding hydrogens is 400 g/mol. The van der Waals surface area contributed by atoms with E-state index < -0.39 is 0 Å². The van der Waals surface area contributed by atoms with E-state index in [0.717, 1.165) is 55.1 Å². The van der Waals surface area contributed by atoms with E-state index in [2.05, 4.69) is 57.8 Å². The van der Waals surface area contributed by atoms with E-state index in [1.807, 2.05) is 23.0 Å². The zero-order valence-corrected chi connectivity index (χ0v) is 17.9. The van der Waals surface area contributed by atoms with Gasteiger partial charge in [-0.3, -0.25) is 4.79 Å². The number of piperidine rings is 1. The van der Waals surface area contributed by atoms with Gasteiger partial charge in [-0.2, -0.15) is 10.2 Å². The number of nitrogens with one attached hydrogen (secondary N) is 1. The van der Waals surface area contributed by atoms with Gasteiger partial charge in [0.1, 0.15) is 5.92 Å². The van der Waals surface area contributed by atoms with Crippen LogP contribution in [0.2, 0.25) is 0 Å². The van der Waals surface area contributed by atoms with Crippen molar-refractivity contribution in [3.05, 3.63) is 78.1 Å². The minimum atomic E-state index is -0.192. The summed E-state index contributed by atoms with van der Waals surface area (Å²) in [5.41, 5.74) is 5.42. The van der Waals surface area contributed by atoms with E-state index in [1.165, 1.54) is 5.56 Å². The molecular formula is C25H26N6O. The fourth-order valence-electron chi connectivity index (χ4n) is 5.06. The van der Waals surface area contributed by atoms with Gasteiger partial charge in [-0.15, -0.1) is 0 Å². The summed E-state index contributed by atoms with van der Waals surface area (Å²) in [5, 5.41) is 14.3. The number of rotatable bonds is 4. The largest absolute Gasteiger partial charge is 0.365 e. The van der Waals surface area contributed by atoms with Crippen molar-refractivity contribution in [1.29, 1.82) is 0 Å². The fourth-order valence-corrected chi connectivity index (χ4v) is 5.06. The quantitative estimate of drug-likeness (QED) is 0.697. The number of carbonyl (C=O) groups is 1. The van der Waals surface area contributed by atoms with Crippen LogP contribution in [0.3, 0.4) is 0 Å². The summed E-state index contributed by atoms with van der Waals surface area (Å²) in [4.78, 5) is 15.7. The van der Waals surface area contributed by atoms with Crippen LogP contribution in [0.1, 0.15) is 24.0 Å². The second-order valence-corrected chi connectivity index (χ2v) is 8.72. The first-order chi connectivity index (χ1) is 15.8. The van der Waals surface area contributed by atoms with Crippen molar-refractivity contribution < 1.29 is 4.79 Å². The van der Waals surface area contributed by atoms with E-state index in [0.29, 0.717) is 6.54 Å². The summed E-state index contributed by atoms with van der Waals surface area (Å²) in [6.45, 7) is 3.31. The molecule has 3 aliphatic rings. The lowest BCUT2D eigenvalue weighted by Crippen LogP contribution is -2.46. The molecule has 1 aromatic heterocycles. The molecule has 1 N–H and O–H groups in total. The molecule has 1 saturated heterocycles. The second kappa shape index (κ2) is 7.91. The van der Waals surface area contributed by atoms with Crippen molar-refractivity contribution in [2.24, 2.45) is 11.0 Å². The molecule has 6 rings (SSSR count). The lowest BCUT2D eigenvalue weighted by molar-refractivity contribution is -0.134. The topological polar surface area (TPSA) is 65.8 Å². The molecule has 3 aliphatic heterocycles. The van der Waals surface area contributed by atoms with E-state index in [4.69, 9.17) is 5.10 Å². The number of hydrazone groups is 1. The highest BCUT2D eigenvalue weighted by molar-refractivity contribution is 6.20. The normalized spacial score (nSPS) is 20.8. The lowest BCUT2D eigenvalue weighted by Gasteiger charge is -2.34. The number of nitrogens with zero attached hydrogens (tertiary/aromatic N) is 5. The second-order valence-electron chi connectivity index (χ2n) is 8.72. The third kappa shape index (κ3) is 3.29. The maximum absolute atomic E-state index is 13.4. The molecule has 7 nitrogen and oxygen atoms in total. The number of hydrogen-bond acceptors (Lipinski definition) is 5. The van der Waals surface area contributed by atoms with Gasteiger partial charge >= 0.3 is 0 Å². The highest BCUT2D eigenvalue weighted by Crippen LogP contribution is 2.36. The van der Waals surface area contributed by atoms with Crippen LogP contribution in [0, 0.1) is 5.92 Å². The van der Waals surface area contributed by atoms with Crippen molar-refractivity contribution in [2.45, 2.75) is 25.4 Å². The van der Waals surface area contributed by atoms with Gasteiger partial charge < -0.3 is 10.2 Å². The first-order valence-electron chi connectivity index (χ1n) is 11.3. The highest BCUT2D eigenvalue weighted by Gasteiger charge is 2.44. The third-order valence-electron chi connectivity index (χ3n) is 6.73. The number of amides is 1. The Balaban J connectivity index is 1.27. The molecule has 4 heterocycles. The number of fused-ring (bicyclic) bond motifs is 3. The number of carbonyl (C=O) groups excluding carboxylic acids is 1. The van der Waals surface area contributed by atoms with Crippen LogP contribution in [-0.4, -0.2) is 52.1 Å².